The topological polar surface area (TPSA) is 58.3 Å². The molecule has 0 saturated carbocycles. The van der Waals surface area contributed by atoms with Gasteiger partial charge in [-0.1, -0.05) is 13.8 Å². The van der Waals surface area contributed by atoms with Crippen LogP contribution in [0.5, 0.6) is 0 Å². The summed E-state index contributed by atoms with van der Waals surface area (Å²) in [7, 11) is 0. The summed E-state index contributed by atoms with van der Waals surface area (Å²) in [6, 6.07) is 4.19. The van der Waals surface area contributed by atoms with Gasteiger partial charge in [0.25, 0.3) is 0 Å². The van der Waals surface area contributed by atoms with Gasteiger partial charge in [0.15, 0.2) is 0 Å². The monoisotopic (exact) mass is 226 g/mol. The minimum atomic E-state index is -0.429. The second-order valence-corrected chi connectivity index (χ2v) is 4.00. The highest BCUT2D eigenvalue weighted by Gasteiger charge is 2.25. The highest BCUT2D eigenvalue weighted by Crippen LogP contribution is 2.26. The van der Waals surface area contributed by atoms with E-state index in [1.54, 1.807) is 0 Å². The normalized spacial score (nSPS) is 11.5. The minimum Gasteiger partial charge on any atom is -0.397 e. The molecule has 1 aromatic carbocycles. The molecule has 0 bridgehead atoms. The van der Waals surface area contributed by atoms with E-state index < -0.39 is 5.54 Å². The van der Waals surface area contributed by atoms with Gasteiger partial charge >= 0.3 is 0 Å². The zero-order valence-electron chi connectivity index (χ0n) is 9.76. The predicted octanol–water partition coefficient (Wildman–Crippen LogP) is 2.37. The van der Waals surface area contributed by atoms with E-state index in [-0.39, 0.29) is 12.4 Å². The molecule has 0 saturated heterocycles. The van der Waals surface area contributed by atoms with Gasteiger partial charge in [-0.3, -0.25) is 0 Å². The van der Waals surface area contributed by atoms with E-state index in [1.165, 1.54) is 18.2 Å². The van der Waals surface area contributed by atoms with E-state index in [1.807, 2.05) is 13.8 Å². The molecule has 1 rings (SSSR count). The maximum absolute atomic E-state index is 13.1. The van der Waals surface area contributed by atoms with Gasteiger partial charge in [-0.2, -0.15) is 0 Å². The van der Waals surface area contributed by atoms with Gasteiger partial charge in [0.2, 0.25) is 0 Å². The molecule has 4 heteroatoms. The number of benzene rings is 1. The van der Waals surface area contributed by atoms with Gasteiger partial charge in [0.05, 0.1) is 23.5 Å². The molecular formula is C12H19FN2O. The Balaban J connectivity index is 2.97. The molecule has 90 valence electrons. The van der Waals surface area contributed by atoms with Crippen LogP contribution < -0.4 is 11.1 Å². The number of aliphatic hydroxyl groups excluding tert-OH is 1. The number of anilines is 2. The number of aliphatic hydroxyl groups is 1. The van der Waals surface area contributed by atoms with Gasteiger partial charge in [-0.15, -0.1) is 0 Å². The molecule has 0 aliphatic heterocycles. The Morgan fingerprint density at radius 1 is 1.38 bits per heavy atom. The predicted molar refractivity (Wildman–Crippen MR) is 64.8 cm³/mol. The van der Waals surface area contributed by atoms with E-state index in [4.69, 9.17) is 5.73 Å². The van der Waals surface area contributed by atoms with Crippen molar-refractivity contribution in [2.45, 2.75) is 32.2 Å². The fourth-order valence-electron chi connectivity index (χ4n) is 1.61. The van der Waals surface area contributed by atoms with Crippen molar-refractivity contribution in [3.63, 3.8) is 0 Å². The Labute approximate surface area is 95.5 Å². The highest BCUT2D eigenvalue weighted by molar-refractivity contribution is 5.66. The molecule has 0 aromatic heterocycles. The second-order valence-electron chi connectivity index (χ2n) is 4.00. The Kier molecular flexibility index (Phi) is 4.12. The Hall–Kier alpha value is -1.29. The van der Waals surface area contributed by atoms with Crippen LogP contribution in [0.25, 0.3) is 0 Å². The molecule has 0 atom stereocenters. The van der Waals surface area contributed by atoms with E-state index in [0.29, 0.717) is 11.4 Å². The lowest BCUT2D eigenvalue weighted by atomic mass is 9.93. The maximum atomic E-state index is 13.1. The molecule has 0 aliphatic rings. The molecule has 1 aromatic rings. The van der Waals surface area contributed by atoms with Crippen molar-refractivity contribution >= 4 is 11.4 Å². The van der Waals surface area contributed by atoms with Crippen molar-refractivity contribution in [3.8, 4) is 0 Å². The first kappa shape index (κ1) is 12.8. The fourth-order valence-corrected chi connectivity index (χ4v) is 1.61. The van der Waals surface area contributed by atoms with Crippen LogP contribution in [-0.2, 0) is 0 Å². The average Bonchev–Trinajstić information content (AvgIpc) is 2.31. The molecule has 0 radical (unpaired) electrons. The van der Waals surface area contributed by atoms with Gasteiger partial charge < -0.3 is 16.2 Å². The quantitative estimate of drug-likeness (QED) is 0.675. The summed E-state index contributed by atoms with van der Waals surface area (Å²) < 4.78 is 13.1. The van der Waals surface area contributed by atoms with Crippen LogP contribution in [0.3, 0.4) is 0 Å². The van der Waals surface area contributed by atoms with E-state index >= 15 is 0 Å². The zero-order valence-corrected chi connectivity index (χ0v) is 9.76. The summed E-state index contributed by atoms with van der Waals surface area (Å²) in [5.41, 5.74) is 6.35. The molecule has 0 amide bonds. The number of hydrogen-bond acceptors (Lipinski definition) is 3. The summed E-state index contributed by atoms with van der Waals surface area (Å²) in [6.45, 7) is 3.94. The van der Waals surface area contributed by atoms with Crippen LogP contribution in [0.15, 0.2) is 18.2 Å². The lowest BCUT2D eigenvalue weighted by molar-refractivity contribution is 0.202. The number of nitrogens with two attached hydrogens (primary N) is 1. The molecule has 0 fully saturated rings. The molecule has 0 aliphatic carbocycles. The number of nitrogen functional groups attached to an aromatic ring is 1. The smallest absolute Gasteiger partial charge is 0.125 e. The molecule has 0 unspecified atom stereocenters. The molecular weight excluding hydrogens is 207 g/mol. The lowest BCUT2D eigenvalue weighted by Gasteiger charge is -2.32. The number of halogens is 1. The standard InChI is InChI=1S/C12H19FN2O/c1-3-12(4-2,8-16)15-11-7-9(13)5-6-10(11)14/h5-7,15-16H,3-4,8,14H2,1-2H3. The number of nitrogens with one attached hydrogen (secondary N) is 1. The average molecular weight is 226 g/mol. The molecule has 4 N–H and O–H groups in total. The Morgan fingerprint density at radius 3 is 2.50 bits per heavy atom. The van der Waals surface area contributed by atoms with Crippen molar-refractivity contribution in [1.82, 2.24) is 0 Å². The summed E-state index contributed by atoms with van der Waals surface area (Å²) in [5.74, 6) is -0.337. The van der Waals surface area contributed by atoms with Crippen molar-refractivity contribution in [2.24, 2.45) is 0 Å². The van der Waals surface area contributed by atoms with Crippen molar-refractivity contribution < 1.29 is 9.50 Å². The third-order valence-corrected chi connectivity index (χ3v) is 3.07. The first-order chi connectivity index (χ1) is 7.56. The van der Waals surface area contributed by atoms with Crippen LogP contribution >= 0.6 is 0 Å². The van der Waals surface area contributed by atoms with Crippen LogP contribution in [0.1, 0.15) is 26.7 Å². The van der Waals surface area contributed by atoms with Gasteiger partial charge in [0.1, 0.15) is 5.82 Å². The third-order valence-electron chi connectivity index (χ3n) is 3.07. The third kappa shape index (κ3) is 2.64. The summed E-state index contributed by atoms with van der Waals surface area (Å²) in [5, 5.41) is 12.5. The first-order valence-electron chi connectivity index (χ1n) is 5.51. The van der Waals surface area contributed by atoms with Gasteiger partial charge in [-0.05, 0) is 31.0 Å². The first-order valence-corrected chi connectivity index (χ1v) is 5.51. The van der Waals surface area contributed by atoms with Crippen LogP contribution in [0.4, 0.5) is 15.8 Å². The number of rotatable bonds is 5. The summed E-state index contributed by atoms with van der Waals surface area (Å²) in [4.78, 5) is 0. The van der Waals surface area contributed by atoms with Gasteiger partial charge in [-0.25, -0.2) is 4.39 Å². The molecule has 0 heterocycles. The fraction of sp³-hybridized carbons (Fsp3) is 0.500. The SMILES string of the molecule is CCC(CC)(CO)Nc1cc(F)ccc1N. The molecule has 0 spiro atoms. The largest absolute Gasteiger partial charge is 0.397 e. The Morgan fingerprint density at radius 2 is 2.00 bits per heavy atom. The van der Waals surface area contributed by atoms with Crippen molar-refractivity contribution in [2.75, 3.05) is 17.7 Å². The van der Waals surface area contributed by atoms with Crippen LogP contribution in [0.2, 0.25) is 0 Å². The van der Waals surface area contributed by atoms with Crippen LogP contribution in [0, 0.1) is 5.82 Å². The number of hydrogen-bond donors (Lipinski definition) is 3. The van der Waals surface area contributed by atoms with E-state index in [2.05, 4.69) is 5.32 Å². The molecule has 3 nitrogen and oxygen atoms in total. The van der Waals surface area contributed by atoms with Crippen molar-refractivity contribution in [3.05, 3.63) is 24.0 Å². The summed E-state index contributed by atoms with van der Waals surface area (Å²) >= 11 is 0. The van der Waals surface area contributed by atoms with Crippen molar-refractivity contribution in [1.29, 1.82) is 0 Å². The lowest BCUT2D eigenvalue weighted by Crippen LogP contribution is -2.41. The zero-order chi connectivity index (χ0) is 12.2. The van der Waals surface area contributed by atoms with Crippen LogP contribution in [-0.4, -0.2) is 17.3 Å². The van der Waals surface area contributed by atoms with E-state index in [9.17, 15) is 9.50 Å². The summed E-state index contributed by atoms with van der Waals surface area (Å²) in [6.07, 6.45) is 1.49. The minimum absolute atomic E-state index is 0.00401. The van der Waals surface area contributed by atoms with E-state index in [0.717, 1.165) is 12.8 Å². The Bertz CT molecular complexity index is 343. The highest BCUT2D eigenvalue weighted by atomic mass is 19.1. The van der Waals surface area contributed by atoms with Gasteiger partial charge in [0, 0.05) is 0 Å². The second kappa shape index (κ2) is 5.16. The molecule has 16 heavy (non-hydrogen) atoms. The maximum Gasteiger partial charge on any atom is 0.125 e.